The molecule has 0 aliphatic rings. The molecule has 3 N–H and O–H groups in total. The third-order valence-corrected chi connectivity index (χ3v) is 2.98. The average Bonchev–Trinajstić information content (AvgIpc) is 2.48. The summed E-state index contributed by atoms with van der Waals surface area (Å²) in [5, 5.41) is 3.20. The van der Waals surface area contributed by atoms with Crippen molar-refractivity contribution >= 4 is 5.95 Å². The van der Waals surface area contributed by atoms with Gasteiger partial charge in [0.25, 0.3) is 0 Å². The number of nitrogens with two attached hydrogens (primary N) is 1. The molecule has 1 aromatic carbocycles. The van der Waals surface area contributed by atoms with E-state index in [0.717, 1.165) is 35.7 Å². The van der Waals surface area contributed by atoms with E-state index in [1.54, 1.807) is 0 Å². The molecule has 0 radical (unpaired) electrons. The number of benzene rings is 1. The topological polar surface area (TPSA) is 73.1 Å². The Morgan fingerprint density at radius 1 is 1.24 bits per heavy atom. The minimum atomic E-state index is 0.628. The Morgan fingerprint density at radius 3 is 2.81 bits per heavy atom. The summed E-state index contributed by atoms with van der Waals surface area (Å²) < 4.78 is 5.67. The van der Waals surface area contributed by atoms with Crippen LogP contribution in [-0.2, 0) is 0 Å². The summed E-state index contributed by atoms with van der Waals surface area (Å²) in [6.07, 6.45) is 0.891. The number of nitrogens with zero attached hydrogens (tertiary/aromatic N) is 2. The fourth-order valence-electron chi connectivity index (χ4n) is 2.05. The van der Waals surface area contributed by atoms with Crippen molar-refractivity contribution in [2.75, 3.05) is 25.0 Å². The van der Waals surface area contributed by atoms with Gasteiger partial charge in [-0.3, -0.25) is 0 Å². The highest BCUT2D eigenvalue weighted by molar-refractivity contribution is 5.68. The van der Waals surface area contributed by atoms with Crippen molar-refractivity contribution in [2.24, 2.45) is 5.73 Å². The van der Waals surface area contributed by atoms with Gasteiger partial charge in [0.05, 0.1) is 12.3 Å². The van der Waals surface area contributed by atoms with Crippen LogP contribution in [0.3, 0.4) is 0 Å². The first-order valence-corrected chi connectivity index (χ1v) is 7.26. The van der Waals surface area contributed by atoms with Gasteiger partial charge in [-0.15, -0.1) is 0 Å². The fourth-order valence-corrected chi connectivity index (χ4v) is 2.05. The molecule has 0 aliphatic heterocycles. The van der Waals surface area contributed by atoms with Gasteiger partial charge in [-0.1, -0.05) is 12.1 Å². The molecule has 0 saturated heterocycles. The number of hydrogen-bond acceptors (Lipinski definition) is 5. The Morgan fingerprint density at radius 2 is 2.05 bits per heavy atom. The van der Waals surface area contributed by atoms with Crippen LogP contribution in [-0.4, -0.2) is 29.7 Å². The minimum absolute atomic E-state index is 0.628. The quantitative estimate of drug-likeness (QED) is 0.765. The van der Waals surface area contributed by atoms with E-state index in [2.05, 4.69) is 15.3 Å². The zero-order valence-electron chi connectivity index (χ0n) is 12.6. The van der Waals surface area contributed by atoms with Crippen LogP contribution in [0.15, 0.2) is 30.3 Å². The first-order chi connectivity index (χ1) is 10.2. The van der Waals surface area contributed by atoms with E-state index in [9.17, 15) is 0 Å². The van der Waals surface area contributed by atoms with Gasteiger partial charge in [0.1, 0.15) is 5.75 Å². The lowest BCUT2D eigenvalue weighted by molar-refractivity contribution is 0.341. The highest BCUT2D eigenvalue weighted by Crippen LogP contribution is 2.29. The number of anilines is 1. The molecule has 112 valence electrons. The molecule has 5 nitrogen and oxygen atoms in total. The lowest BCUT2D eigenvalue weighted by Crippen LogP contribution is -2.11. The Kier molecular flexibility index (Phi) is 5.51. The number of hydrogen-bond donors (Lipinski definition) is 2. The van der Waals surface area contributed by atoms with Crippen molar-refractivity contribution in [2.45, 2.75) is 20.3 Å². The average molecular weight is 286 g/mol. The van der Waals surface area contributed by atoms with Crippen molar-refractivity contribution in [3.63, 3.8) is 0 Å². The van der Waals surface area contributed by atoms with Gasteiger partial charge >= 0.3 is 0 Å². The third kappa shape index (κ3) is 4.16. The Bertz CT molecular complexity index is 586. The van der Waals surface area contributed by atoms with Crippen LogP contribution < -0.4 is 15.8 Å². The standard InChI is InChI=1S/C16H22N4O/c1-3-21-15-8-5-4-7-13(15)14-11-12(2)19-16(20-14)18-10-6-9-17/h4-5,7-8,11H,3,6,9-10,17H2,1-2H3,(H,18,19,20). The van der Waals surface area contributed by atoms with Gasteiger partial charge in [0, 0.05) is 17.8 Å². The molecule has 0 unspecified atom stereocenters. The summed E-state index contributed by atoms with van der Waals surface area (Å²) in [7, 11) is 0. The maximum Gasteiger partial charge on any atom is 0.223 e. The van der Waals surface area contributed by atoms with E-state index in [-0.39, 0.29) is 0 Å². The van der Waals surface area contributed by atoms with Gasteiger partial charge < -0.3 is 15.8 Å². The van der Waals surface area contributed by atoms with E-state index in [1.807, 2.05) is 44.2 Å². The van der Waals surface area contributed by atoms with Crippen LogP contribution in [0.1, 0.15) is 19.0 Å². The zero-order chi connectivity index (χ0) is 15.1. The number of ether oxygens (including phenoxy) is 1. The van der Waals surface area contributed by atoms with Gasteiger partial charge in [-0.05, 0) is 45.0 Å². The minimum Gasteiger partial charge on any atom is -0.493 e. The van der Waals surface area contributed by atoms with Gasteiger partial charge in [-0.25, -0.2) is 9.97 Å². The third-order valence-electron chi connectivity index (χ3n) is 2.98. The molecule has 0 bridgehead atoms. The predicted octanol–water partition coefficient (Wildman–Crippen LogP) is 2.61. The molecule has 1 aromatic heterocycles. The van der Waals surface area contributed by atoms with Gasteiger partial charge in [0.15, 0.2) is 0 Å². The Balaban J connectivity index is 2.31. The first kappa shape index (κ1) is 15.3. The van der Waals surface area contributed by atoms with Gasteiger partial charge in [0.2, 0.25) is 5.95 Å². The second kappa shape index (κ2) is 7.59. The molecule has 21 heavy (non-hydrogen) atoms. The molecule has 0 saturated carbocycles. The number of aromatic nitrogens is 2. The van der Waals surface area contributed by atoms with E-state index < -0.39 is 0 Å². The lowest BCUT2D eigenvalue weighted by Gasteiger charge is -2.11. The fraction of sp³-hybridized carbons (Fsp3) is 0.375. The predicted molar refractivity (Wildman–Crippen MR) is 85.5 cm³/mol. The van der Waals surface area contributed by atoms with E-state index in [0.29, 0.717) is 19.1 Å². The Labute approximate surface area is 125 Å². The summed E-state index contributed by atoms with van der Waals surface area (Å²) in [4.78, 5) is 8.98. The molecule has 0 atom stereocenters. The largest absolute Gasteiger partial charge is 0.493 e. The molecule has 5 heteroatoms. The van der Waals surface area contributed by atoms with Crippen LogP contribution >= 0.6 is 0 Å². The summed E-state index contributed by atoms with van der Waals surface area (Å²) in [6, 6.07) is 9.87. The van der Waals surface area contributed by atoms with Crippen LogP contribution in [0, 0.1) is 6.92 Å². The molecule has 2 rings (SSSR count). The lowest BCUT2D eigenvalue weighted by atomic mass is 10.1. The molecule has 2 aromatic rings. The smallest absolute Gasteiger partial charge is 0.223 e. The van der Waals surface area contributed by atoms with E-state index in [4.69, 9.17) is 10.5 Å². The highest BCUT2D eigenvalue weighted by atomic mass is 16.5. The van der Waals surface area contributed by atoms with Crippen LogP contribution in [0.25, 0.3) is 11.3 Å². The second-order valence-corrected chi connectivity index (χ2v) is 4.72. The zero-order valence-corrected chi connectivity index (χ0v) is 12.6. The maximum atomic E-state index is 5.67. The summed E-state index contributed by atoms with van der Waals surface area (Å²) in [5.74, 6) is 1.47. The summed E-state index contributed by atoms with van der Waals surface area (Å²) >= 11 is 0. The molecule has 0 aliphatic carbocycles. The monoisotopic (exact) mass is 286 g/mol. The van der Waals surface area contributed by atoms with E-state index in [1.165, 1.54) is 0 Å². The normalized spacial score (nSPS) is 10.4. The Hall–Kier alpha value is -2.14. The van der Waals surface area contributed by atoms with Crippen molar-refractivity contribution in [1.82, 2.24) is 9.97 Å². The van der Waals surface area contributed by atoms with Crippen molar-refractivity contribution < 1.29 is 4.74 Å². The SMILES string of the molecule is CCOc1ccccc1-c1cc(C)nc(NCCCN)n1. The van der Waals surface area contributed by atoms with Crippen LogP contribution in [0.4, 0.5) is 5.95 Å². The van der Waals surface area contributed by atoms with E-state index >= 15 is 0 Å². The number of rotatable bonds is 7. The summed E-state index contributed by atoms with van der Waals surface area (Å²) in [5.41, 5.74) is 8.26. The summed E-state index contributed by atoms with van der Waals surface area (Å²) in [6.45, 7) is 5.98. The number of nitrogens with one attached hydrogen (secondary N) is 1. The molecular weight excluding hydrogens is 264 g/mol. The van der Waals surface area contributed by atoms with Crippen LogP contribution in [0.5, 0.6) is 5.75 Å². The van der Waals surface area contributed by atoms with Crippen molar-refractivity contribution in [1.29, 1.82) is 0 Å². The van der Waals surface area contributed by atoms with Crippen LogP contribution in [0.2, 0.25) is 0 Å². The van der Waals surface area contributed by atoms with Crippen molar-refractivity contribution in [3.05, 3.63) is 36.0 Å². The molecule has 0 spiro atoms. The number of aryl methyl sites for hydroxylation is 1. The number of para-hydroxylation sites is 1. The molecular formula is C16H22N4O. The molecule has 0 fully saturated rings. The van der Waals surface area contributed by atoms with Crippen molar-refractivity contribution in [3.8, 4) is 17.0 Å². The van der Waals surface area contributed by atoms with Gasteiger partial charge in [-0.2, -0.15) is 0 Å². The molecule has 1 heterocycles. The first-order valence-electron chi connectivity index (χ1n) is 7.26. The molecule has 0 amide bonds. The second-order valence-electron chi connectivity index (χ2n) is 4.72. The highest BCUT2D eigenvalue weighted by Gasteiger charge is 2.09. The maximum absolute atomic E-state index is 5.67.